The summed E-state index contributed by atoms with van der Waals surface area (Å²) in [5.41, 5.74) is 4.44. The Morgan fingerprint density at radius 2 is 1.72 bits per heavy atom. The summed E-state index contributed by atoms with van der Waals surface area (Å²) in [6.45, 7) is 9.12. The van der Waals surface area contributed by atoms with E-state index < -0.39 is 0 Å². The van der Waals surface area contributed by atoms with Crippen molar-refractivity contribution in [1.29, 1.82) is 0 Å². The van der Waals surface area contributed by atoms with Crippen molar-refractivity contribution < 1.29 is 0 Å². The van der Waals surface area contributed by atoms with Gasteiger partial charge in [-0.1, -0.05) is 29.8 Å². The Morgan fingerprint density at radius 3 is 2.28 bits per heavy atom. The highest BCUT2D eigenvalue weighted by Crippen LogP contribution is 2.20. The molecule has 0 aliphatic carbocycles. The summed E-state index contributed by atoms with van der Waals surface area (Å²) in [4.78, 5) is 4.36. The van der Waals surface area contributed by atoms with Crippen LogP contribution in [-0.4, -0.2) is 30.1 Å². The molecule has 0 spiro atoms. The van der Waals surface area contributed by atoms with E-state index in [9.17, 15) is 0 Å². The van der Waals surface area contributed by atoms with Crippen LogP contribution in [0.15, 0.2) is 42.5 Å². The average Bonchev–Trinajstić information content (AvgIpc) is 2.60. The smallest absolute Gasteiger partial charge is 0.173 e. The molecule has 0 amide bonds. The van der Waals surface area contributed by atoms with Crippen LogP contribution in [-0.2, 0) is 6.54 Å². The SMILES string of the molecule is CCN(CC)c1ccc(CN(C)C(=S)Nc2ccc(C)c(Cl)c2)cc1. The van der Waals surface area contributed by atoms with Crippen molar-refractivity contribution in [3.63, 3.8) is 0 Å². The first kappa shape index (κ1) is 19.5. The Balaban J connectivity index is 1.97. The van der Waals surface area contributed by atoms with E-state index >= 15 is 0 Å². The minimum atomic E-state index is 0.674. The molecule has 0 aromatic heterocycles. The van der Waals surface area contributed by atoms with Gasteiger partial charge in [0.15, 0.2) is 5.11 Å². The Kier molecular flexibility index (Phi) is 7.09. The number of benzene rings is 2. The van der Waals surface area contributed by atoms with Crippen molar-refractivity contribution in [1.82, 2.24) is 4.90 Å². The van der Waals surface area contributed by atoms with Crippen LogP contribution in [0.2, 0.25) is 5.02 Å². The van der Waals surface area contributed by atoms with E-state index in [1.165, 1.54) is 11.3 Å². The summed E-state index contributed by atoms with van der Waals surface area (Å²) in [6, 6.07) is 14.5. The number of aryl methyl sites for hydroxylation is 1. The summed E-state index contributed by atoms with van der Waals surface area (Å²) in [7, 11) is 1.99. The summed E-state index contributed by atoms with van der Waals surface area (Å²) in [6.07, 6.45) is 0. The fourth-order valence-electron chi connectivity index (χ4n) is 2.64. The Morgan fingerprint density at radius 1 is 1.08 bits per heavy atom. The maximum Gasteiger partial charge on any atom is 0.173 e. The van der Waals surface area contributed by atoms with Crippen LogP contribution in [0.3, 0.4) is 0 Å². The molecule has 25 heavy (non-hydrogen) atoms. The second kappa shape index (κ2) is 9.07. The second-order valence-corrected chi connectivity index (χ2v) is 6.88. The molecule has 3 nitrogen and oxygen atoms in total. The van der Waals surface area contributed by atoms with Crippen molar-refractivity contribution in [2.24, 2.45) is 0 Å². The normalized spacial score (nSPS) is 10.4. The fourth-order valence-corrected chi connectivity index (χ4v) is 3.00. The predicted molar refractivity (Wildman–Crippen MR) is 114 cm³/mol. The number of thiocarbonyl (C=S) groups is 1. The highest BCUT2D eigenvalue weighted by Gasteiger charge is 2.08. The topological polar surface area (TPSA) is 18.5 Å². The molecule has 0 bridgehead atoms. The Labute approximate surface area is 161 Å². The number of anilines is 2. The maximum absolute atomic E-state index is 6.17. The number of hydrogen-bond donors (Lipinski definition) is 1. The second-order valence-electron chi connectivity index (χ2n) is 6.09. The zero-order valence-electron chi connectivity index (χ0n) is 15.3. The largest absolute Gasteiger partial charge is 0.372 e. The molecule has 2 aromatic carbocycles. The van der Waals surface area contributed by atoms with Crippen LogP contribution in [0.1, 0.15) is 25.0 Å². The van der Waals surface area contributed by atoms with Crippen LogP contribution < -0.4 is 10.2 Å². The number of halogens is 1. The molecule has 0 radical (unpaired) electrons. The quantitative estimate of drug-likeness (QED) is 0.688. The van der Waals surface area contributed by atoms with E-state index in [1.807, 2.05) is 37.1 Å². The standard InChI is InChI=1S/C20H26ClN3S/c1-5-24(6-2)18-11-8-16(9-12-18)14-23(4)20(25)22-17-10-7-15(3)19(21)13-17/h7-13H,5-6,14H2,1-4H3,(H,22,25). The molecule has 0 aliphatic rings. The van der Waals surface area contributed by atoms with Crippen molar-refractivity contribution >= 4 is 40.3 Å². The molecule has 0 atom stereocenters. The lowest BCUT2D eigenvalue weighted by Gasteiger charge is -2.23. The average molecular weight is 376 g/mol. The predicted octanol–water partition coefficient (Wildman–Crippen LogP) is 5.32. The molecule has 0 saturated carbocycles. The highest BCUT2D eigenvalue weighted by molar-refractivity contribution is 7.80. The van der Waals surface area contributed by atoms with Crippen LogP contribution in [0, 0.1) is 6.92 Å². The third kappa shape index (κ3) is 5.35. The maximum atomic E-state index is 6.17. The van der Waals surface area contributed by atoms with Gasteiger partial charge in [0.1, 0.15) is 0 Å². The lowest BCUT2D eigenvalue weighted by Crippen LogP contribution is -2.30. The monoisotopic (exact) mass is 375 g/mol. The molecule has 2 aromatic rings. The van der Waals surface area contributed by atoms with Crippen LogP contribution >= 0.6 is 23.8 Å². The van der Waals surface area contributed by atoms with E-state index in [1.54, 1.807) is 0 Å². The zero-order valence-corrected chi connectivity index (χ0v) is 16.9. The van der Waals surface area contributed by atoms with Gasteiger partial charge in [-0.05, 0) is 68.4 Å². The van der Waals surface area contributed by atoms with Gasteiger partial charge >= 0.3 is 0 Å². The molecule has 1 N–H and O–H groups in total. The van der Waals surface area contributed by atoms with Gasteiger partial charge in [-0.25, -0.2) is 0 Å². The lowest BCUT2D eigenvalue weighted by atomic mass is 10.2. The van der Waals surface area contributed by atoms with Gasteiger partial charge in [0, 0.05) is 43.1 Å². The van der Waals surface area contributed by atoms with Crippen molar-refractivity contribution in [3.05, 3.63) is 58.6 Å². The molecule has 0 heterocycles. The first-order valence-corrected chi connectivity index (χ1v) is 9.35. The van der Waals surface area contributed by atoms with Crippen LogP contribution in [0.4, 0.5) is 11.4 Å². The molecule has 0 aliphatic heterocycles. The number of hydrogen-bond acceptors (Lipinski definition) is 2. The van der Waals surface area contributed by atoms with Crippen LogP contribution in [0.25, 0.3) is 0 Å². The minimum Gasteiger partial charge on any atom is -0.372 e. The van der Waals surface area contributed by atoms with Gasteiger partial charge in [-0.15, -0.1) is 0 Å². The molecule has 134 valence electrons. The first-order valence-electron chi connectivity index (χ1n) is 8.56. The van der Waals surface area contributed by atoms with Crippen LogP contribution in [0.5, 0.6) is 0 Å². The van der Waals surface area contributed by atoms with E-state index in [0.717, 1.165) is 35.9 Å². The summed E-state index contributed by atoms with van der Waals surface area (Å²) in [5.74, 6) is 0. The molecular weight excluding hydrogens is 350 g/mol. The summed E-state index contributed by atoms with van der Waals surface area (Å²) >= 11 is 11.7. The van der Waals surface area contributed by atoms with Crippen molar-refractivity contribution in [3.8, 4) is 0 Å². The van der Waals surface area contributed by atoms with E-state index in [4.69, 9.17) is 23.8 Å². The Bertz CT molecular complexity index is 711. The van der Waals surface area contributed by atoms with Gasteiger partial charge in [-0.3, -0.25) is 0 Å². The zero-order chi connectivity index (χ0) is 18.4. The van der Waals surface area contributed by atoms with Gasteiger partial charge in [0.25, 0.3) is 0 Å². The number of nitrogens with one attached hydrogen (secondary N) is 1. The Hall–Kier alpha value is -1.78. The van der Waals surface area contributed by atoms with Crippen molar-refractivity contribution in [2.45, 2.75) is 27.3 Å². The third-order valence-electron chi connectivity index (χ3n) is 4.25. The fraction of sp³-hybridized carbons (Fsp3) is 0.350. The van der Waals surface area contributed by atoms with E-state index in [-0.39, 0.29) is 0 Å². The summed E-state index contributed by atoms with van der Waals surface area (Å²) in [5, 5.41) is 4.65. The molecule has 0 unspecified atom stereocenters. The molecule has 5 heteroatoms. The minimum absolute atomic E-state index is 0.674. The van der Waals surface area contributed by atoms with Gasteiger partial charge in [-0.2, -0.15) is 0 Å². The molecular formula is C20H26ClN3S. The molecule has 0 saturated heterocycles. The third-order valence-corrected chi connectivity index (χ3v) is 5.08. The highest BCUT2D eigenvalue weighted by atomic mass is 35.5. The molecule has 2 rings (SSSR count). The van der Waals surface area contributed by atoms with E-state index in [0.29, 0.717) is 5.11 Å². The van der Waals surface area contributed by atoms with Gasteiger partial charge in [0.2, 0.25) is 0 Å². The number of nitrogens with zero attached hydrogens (tertiary/aromatic N) is 2. The first-order chi connectivity index (χ1) is 11.9. The molecule has 0 fully saturated rings. The van der Waals surface area contributed by atoms with Crippen molar-refractivity contribution in [2.75, 3.05) is 30.4 Å². The lowest BCUT2D eigenvalue weighted by molar-refractivity contribution is 0.508. The van der Waals surface area contributed by atoms with Gasteiger partial charge < -0.3 is 15.1 Å². The summed E-state index contributed by atoms with van der Waals surface area (Å²) < 4.78 is 0. The van der Waals surface area contributed by atoms with Gasteiger partial charge in [0.05, 0.1) is 0 Å². The number of rotatable bonds is 6. The van der Waals surface area contributed by atoms with E-state index in [2.05, 4.69) is 48.3 Å².